The molecule has 2 aromatic carbocycles. The van der Waals surface area contributed by atoms with Gasteiger partial charge in [0.25, 0.3) is 0 Å². The number of nitrogens with one attached hydrogen (secondary N) is 2. The number of likely N-dealkylation sites (N-methyl/N-ethyl adjacent to an activating group) is 1. The zero-order valence-corrected chi connectivity index (χ0v) is 18.3. The molecular weight excluding hydrogens is 382 g/mol. The Morgan fingerprint density at radius 3 is 2.34 bits per heavy atom. The smallest absolute Gasteiger partial charge is 0.191 e. The van der Waals surface area contributed by atoms with Gasteiger partial charge in [0.15, 0.2) is 5.96 Å². The Morgan fingerprint density at radius 1 is 0.966 bits per heavy atom. The van der Waals surface area contributed by atoms with E-state index in [-0.39, 0.29) is 0 Å². The van der Waals surface area contributed by atoms with Crippen molar-refractivity contribution in [3.63, 3.8) is 0 Å². The quantitative estimate of drug-likeness (QED) is 0.541. The molecule has 0 saturated carbocycles. The molecule has 5 nitrogen and oxygen atoms in total. The van der Waals surface area contributed by atoms with E-state index in [0.29, 0.717) is 0 Å². The van der Waals surface area contributed by atoms with Crippen LogP contribution < -0.4 is 10.6 Å². The Hall–Kier alpha value is -2.08. The molecule has 1 aliphatic rings. The summed E-state index contributed by atoms with van der Waals surface area (Å²) in [5.74, 6) is 0.804. The van der Waals surface area contributed by atoms with Gasteiger partial charge in [0.1, 0.15) is 0 Å². The fourth-order valence-electron chi connectivity index (χ4n) is 3.45. The molecule has 2 aromatic rings. The second-order valence-electron chi connectivity index (χ2n) is 7.59. The number of hydrogen-bond acceptors (Lipinski definition) is 3. The molecule has 0 amide bonds. The van der Waals surface area contributed by atoms with Crippen molar-refractivity contribution in [1.29, 1.82) is 0 Å². The average molecular weight is 414 g/mol. The van der Waals surface area contributed by atoms with Gasteiger partial charge < -0.3 is 15.5 Å². The molecule has 0 spiro atoms. The molecule has 156 valence electrons. The summed E-state index contributed by atoms with van der Waals surface area (Å²) in [7, 11) is 3.99. The second-order valence-corrected chi connectivity index (χ2v) is 8.00. The monoisotopic (exact) mass is 413 g/mol. The molecule has 1 aliphatic heterocycles. The van der Waals surface area contributed by atoms with Crippen LogP contribution >= 0.6 is 11.6 Å². The number of nitrogens with zero attached hydrogens (tertiary/aromatic N) is 3. The zero-order valence-electron chi connectivity index (χ0n) is 17.5. The molecule has 6 heteroatoms. The van der Waals surface area contributed by atoms with Crippen molar-refractivity contribution in [1.82, 2.24) is 20.4 Å². The van der Waals surface area contributed by atoms with E-state index in [1.807, 2.05) is 18.2 Å². The molecule has 0 bridgehead atoms. The van der Waals surface area contributed by atoms with Crippen molar-refractivity contribution in [2.75, 3.05) is 46.8 Å². The number of piperazine rings is 1. The molecule has 1 saturated heterocycles. The fourth-order valence-corrected chi connectivity index (χ4v) is 3.68. The van der Waals surface area contributed by atoms with Crippen molar-refractivity contribution in [3.8, 4) is 0 Å². The van der Waals surface area contributed by atoms with E-state index in [1.165, 1.54) is 11.1 Å². The summed E-state index contributed by atoms with van der Waals surface area (Å²) in [4.78, 5) is 9.22. The van der Waals surface area contributed by atoms with E-state index >= 15 is 0 Å². The van der Waals surface area contributed by atoms with Crippen molar-refractivity contribution < 1.29 is 0 Å². The molecule has 29 heavy (non-hydrogen) atoms. The second kappa shape index (κ2) is 11.2. The summed E-state index contributed by atoms with van der Waals surface area (Å²) < 4.78 is 0. The molecule has 0 aromatic heterocycles. The number of aliphatic imine (C=N–C) groups is 1. The van der Waals surface area contributed by atoms with E-state index in [4.69, 9.17) is 11.6 Å². The summed E-state index contributed by atoms with van der Waals surface area (Å²) in [6, 6.07) is 16.8. The number of benzene rings is 2. The molecule has 0 unspecified atom stereocenters. The number of guanidine groups is 1. The van der Waals surface area contributed by atoms with Crippen LogP contribution in [0.5, 0.6) is 0 Å². The molecule has 0 atom stereocenters. The Labute approximate surface area is 179 Å². The first-order valence-corrected chi connectivity index (χ1v) is 10.7. The lowest BCUT2D eigenvalue weighted by atomic mass is 10.1. The first-order valence-electron chi connectivity index (χ1n) is 10.3. The lowest BCUT2D eigenvalue weighted by Crippen LogP contribution is -2.43. The van der Waals surface area contributed by atoms with Crippen LogP contribution in [0.15, 0.2) is 53.5 Å². The highest BCUT2D eigenvalue weighted by Gasteiger charge is 2.13. The third kappa shape index (κ3) is 7.03. The van der Waals surface area contributed by atoms with Gasteiger partial charge in [-0.25, -0.2) is 0 Å². The lowest BCUT2D eigenvalue weighted by molar-refractivity contribution is 0.148. The van der Waals surface area contributed by atoms with Gasteiger partial charge in [-0.2, -0.15) is 0 Å². The van der Waals surface area contributed by atoms with Gasteiger partial charge in [-0.15, -0.1) is 0 Å². The minimum atomic E-state index is 0.751. The number of rotatable bonds is 7. The maximum absolute atomic E-state index is 6.22. The highest BCUT2D eigenvalue weighted by molar-refractivity contribution is 6.31. The molecule has 2 N–H and O–H groups in total. The van der Waals surface area contributed by atoms with Crippen LogP contribution in [0.4, 0.5) is 0 Å². The molecule has 0 aliphatic carbocycles. The van der Waals surface area contributed by atoms with Gasteiger partial charge in [0.05, 0.1) is 0 Å². The summed E-state index contributed by atoms with van der Waals surface area (Å²) in [6.07, 6.45) is 0.862. The first-order chi connectivity index (χ1) is 14.1. The summed E-state index contributed by atoms with van der Waals surface area (Å²) in [6.45, 7) is 7.18. The molecular formula is C23H32ClN5. The lowest BCUT2D eigenvalue weighted by Gasteiger charge is -2.32. The van der Waals surface area contributed by atoms with Gasteiger partial charge >= 0.3 is 0 Å². The van der Waals surface area contributed by atoms with Crippen LogP contribution in [-0.2, 0) is 19.5 Å². The Kier molecular flexibility index (Phi) is 8.35. The minimum Gasteiger partial charge on any atom is -0.356 e. The van der Waals surface area contributed by atoms with Crippen molar-refractivity contribution in [2.45, 2.75) is 19.5 Å². The van der Waals surface area contributed by atoms with Crippen molar-refractivity contribution in [3.05, 3.63) is 70.2 Å². The van der Waals surface area contributed by atoms with Crippen LogP contribution in [0.3, 0.4) is 0 Å². The topological polar surface area (TPSA) is 42.9 Å². The van der Waals surface area contributed by atoms with E-state index in [9.17, 15) is 0 Å². The molecule has 1 fully saturated rings. The van der Waals surface area contributed by atoms with E-state index in [1.54, 1.807) is 7.05 Å². The first kappa shape index (κ1) is 21.6. The van der Waals surface area contributed by atoms with E-state index < -0.39 is 0 Å². The van der Waals surface area contributed by atoms with Crippen LogP contribution in [0, 0.1) is 0 Å². The van der Waals surface area contributed by atoms with E-state index in [0.717, 1.165) is 68.8 Å². The highest BCUT2D eigenvalue weighted by Crippen LogP contribution is 2.14. The van der Waals surface area contributed by atoms with Gasteiger partial charge in [-0.3, -0.25) is 9.89 Å². The molecule has 1 heterocycles. The summed E-state index contributed by atoms with van der Waals surface area (Å²) in [5.41, 5.74) is 3.77. The van der Waals surface area contributed by atoms with E-state index in [2.05, 4.69) is 62.8 Å². The Bertz CT molecular complexity index is 782. The Morgan fingerprint density at radius 2 is 1.66 bits per heavy atom. The van der Waals surface area contributed by atoms with Crippen molar-refractivity contribution >= 4 is 17.6 Å². The predicted molar refractivity (Wildman–Crippen MR) is 123 cm³/mol. The van der Waals surface area contributed by atoms with Gasteiger partial charge in [0.2, 0.25) is 0 Å². The fraction of sp³-hybridized carbons (Fsp3) is 0.435. The predicted octanol–water partition coefficient (Wildman–Crippen LogP) is 3.00. The van der Waals surface area contributed by atoms with Gasteiger partial charge in [-0.05, 0) is 36.2 Å². The van der Waals surface area contributed by atoms with Crippen LogP contribution in [0.2, 0.25) is 5.02 Å². The normalized spacial score (nSPS) is 16.0. The largest absolute Gasteiger partial charge is 0.356 e. The SMILES string of the molecule is CN=C(NCCc1ccccc1Cl)NCc1ccc(CN2CCN(C)CC2)cc1. The molecule has 3 rings (SSSR count). The third-order valence-electron chi connectivity index (χ3n) is 5.35. The highest BCUT2D eigenvalue weighted by atomic mass is 35.5. The van der Waals surface area contributed by atoms with Crippen LogP contribution in [-0.4, -0.2) is 62.6 Å². The zero-order chi connectivity index (χ0) is 20.5. The minimum absolute atomic E-state index is 0.751. The summed E-state index contributed by atoms with van der Waals surface area (Å²) >= 11 is 6.22. The summed E-state index contributed by atoms with van der Waals surface area (Å²) in [5, 5.41) is 7.55. The van der Waals surface area contributed by atoms with Crippen LogP contribution in [0.1, 0.15) is 16.7 Å². The maximum Gasteiger partial charge on any atom is 0.191 e. The average Bonchev–Trinajstić information content (AvgIpc) is 2.74. The third-order valence-corrected chi connectivity index (χ3v) is 5.72. The van der Waals surface area contributed by atoms with Crippen molar-refractivity contribution in [2.24, 2.45) is 4.99 Å². The maximum atomic E-state index is 6.22. The molecule has 0 radical (unpaired) electrons. The Balaban J connectivity index is 1.40. The number of halogens is 1. The van der Waals surface area contributed by atoms with Gasteiger partial charge in [0, 0.05) is 57.9 Å². The van der Waals surface area contributed by atoms with Crippen LogP contribution in [0.25, 0.3) is 0 Å². The van der Waals surface area contributed by atoms with Gasteiger partial charge in [-0.1, -0.05) is 54.1 Å². The number of hydrogen-bond donors (Lipinski definition) is 2. The standard InChI is InChI=1S/C23H32ClN5/c1-25-23(26-12-11-21-5-3-4-6-22(21)24)27-17-19-7-9-20(10-8-19)18-29-15-13-28(2)14-16-29/h3-10H,11-18H2,1-2H3,(H2,25,26,27).